The van der Waals surface area contributed by atoms with Crippen molar-refractivity contribution in [3.63, 3.8) is 0 Å². The highest BCUT2D eigenvalue weighted by atomic mass is 16.2. The lowest BCUT2D eigenvalue weighted by atomic mass is 10.1. The zero-order valence-electron chi connectivity index (χ0n) is 18.9. The van der Waals surface area contributed by atoms with Gasteiger partial charge in [-0.05, 0) is 42.7 Å². The topological polar surface area (TPSA) is 92.7 Å². The van der Waals surface area contributed by atoms with Gasteiger partial charge in [0, 0.05) is 13.0 Å². The first-order valence-electron chi connectivity index (χ1n) is 11.3. The molecule has 0 saturated carbocycles. The summed E-state index contributed by atoms with van der Waals surface area (Å²) in [5.41, 5.74) is 4.39. The molecular weight excluding hydrogens is 426 g/mol. The summed E-state index contributed by atoms with van der Waals surface area (Å²) in [7, 11) is 0. The number of fused-ring (bicyclic) bond motifs is 2. The van der Waals surface area contributed by atoms with Crippen LogP contribution in [-0.2, 0) is 17.8 Å². The Kier molecular flexibility index (Phi) is 5.91. The van der Waals surface area contributed by atoms with Gasteiger partial charge in [-0.15, -0.1) is 0 Å². The van der Waals surface area contributed by atoms with Crippen LogP contribution in [-0.4, -0.2) is 25.4 Å². The van der Waals surface area contributed by atoms with Crippen LogP contribution < -0.4 is 10.9 Å². The van der Waals surface area contributed by atoms with Gasteiger partial charge in [0.1, 0.15) is 5.82 Å². The number of rotatable bonds is 7. The zero-order valence-corrected chi connectivity index (χ0v) is 18.9. The summed E-state index contributed by atoms with van der Waals surface area (Å²) in [6.45, 7) is 2.18. The summed E-state index contributed by atoms with van der Waals surface area (Å²) in [6.07, 6.45) is 2.28. The van der Waals surface area contributed by atoms with E-state index in [1.54, 1.807) is 6.07 Å². The number of amides is 1. The van der Waals surface area contributed by atoms with Crippen LogP contribution >= 0.6 is 0 Å². The van der Waals surface area contributed by atoms with Crippen LogP contribution in [0, 0.1) is 6.92 Å². The van der Waals surface area contributed by atoms with Crippen molar-refractivity contribution in [2.24, 2.45) is 0 Å². The summed E-state index contributed by atoms with van der Waals surface area (Å²) < 4.78 is 1.49. The van der Waals surface area contributed by atoms with Crippen LogP contribution in [0.1, 0.15) is 29.4 Å². The summed E-state index contributed by atoms with van der Waals surface area (Å²) in [5.74, 6) is 0.552. The highest BCUT2D eigenvalue weighted by Gasteiger charge is 2.19. The van der Waals surface area contributed by atoms with Gasteiger partial charge in [-0.3, -0.25) is 14.2 Å². The Hall–Kier alpha value is -4.26. The Balaban J connectivity index is 1.35. The van der Waals surface area contributed by atoms with Crippen LogP contribution in [0.25, 0.3) is 21.9 Å². The van der Waals surface area contributed by atoms with Gasteiger partial charge in [-0.2, -0.15) is 0 Å². The van der Waals surface area contributed by atoms with Gasteiger partial charge in [-0.1, -0.05) is 54.6 Å². The normalized spacial score (nSPS) is 12.1. The molecule has 2 N–H and O–H groups in total. The largest absolute Gasteiger partial charge is 0.346 e. The number of aromatic nitrogens is 4. The van der Waals surface area contributed by atoms with E-state index in [9.17, 15) is 9.59 Å². The number of hydrogen-bond acceptors (Lipinski definition) is 4. The third-order valence-electron chi connectivity index (χ3n) is 5.99. The molecule has 5 aromatic rings. The lowest BCUT2D eigenvalue weighted by molar-refractivity contribution is -0.122. The second kappa shape index (κ2) is 9.31. The molecule has 0 aliphatic heterocycles. The number of carbonyl (C=O) groups is 1. The van der Waals surface area contributed by atoms with Crippen molar-refractivity contribution in [3.8, 4) is 0 Å². The maximum atomic E-state index is 12.9. The molecule has 2 heterocycles. The molecule has 0 radical (unpaired) electrons. The minimum absolute atomic E-state index is 0.139. The SMILES string of the molecule is Cc1cccc2c(=O)n(CCC(=O)NC(Cc3ccccc3)c3nc4ccccc4[nH]3)cnc12. The minimum Gasteiger partial charge on any atom is -0.346 e. The third kappa shape index (κ3) is 4.45. The molecule has 0 aliphatic carbocycles. The average molecular weight is 452 g/mol. The minimum atomic E-state index is -0.323. The zero-order chi connectivity index (χ0) is 23.5. The van der Waals surface area contributed by atoms with E-state index in [-0.39, 0.29) is 30.5 Å². The molecule has 7 nitrogen and oxygen atoms in total. The number of aromatic amines is 1. The van der Waals surface area contributed by atoms with Gasteiger partial charge >= 0.3 is 0 Å². The first kappa shape index (κ1) is 21.6. The third-order valence-corrected chi connectivity index (χ3v) is 5.99. The molecular formula is C27H25N5O2. The summed E-state index contributed by atoms with van der Waals surface area (Å²) in [6, 6.07) is 23.0. The fourth-order valence-corrected chi connectivity index (χ4v) is 4.19. The number of nitrogens with zero attached hydrogens (tertiary/aromatic N) is 3. The van der Waals surface area contributed by atoms with Crippen LogP contribution in [0.15, 0.2) is 83.9 Å². The Morgan fingerprint density at radius 2 is 1.82 bits per heavy atom. The number of benzene rings is 3. The van der Waals surface area contributed by atoms with Crippen molar-refractivity contribution >= 4 is 27.8 Å². The van der Waals surface area contributed by atoms with Gasteiger partial charge in [0.15, 0.2) is 0 Å². The Labute approximate surface area is 196 Å². The number of imidazole rings is 1. The molecule has 7 heteroatoms. The summed E-state index contributed by atoms with van der Waals surface area (Å²) in [5, 5.41) is 3.67. The van der Waals surface area contributed by atoms with Gasteiger partial charge in [0.25, 0.3) is 5.56 Å². The standard InChI is InChI=1S/C27H25N5O2/c1-18-8-7-11-20-25(18)28-17-32(27(20)34)15-14-24(33)29-23(16-19-9-3-2-4-10-19)26-30-21-12-5-6-13-22(21)31-26/h2-13,17,23H,14-16H2,1H3,(H,29,33)(H,30,31). The van der Waals surface area contributed by atoms with E-state index in [4.69, 9.17) is 4.98 Å². The highest BCUT2D eigenvalue weighted by molar-refractivity contribution is 5.80. The molecule has 1 amide bonds. The molecule has 0 bridgehead atoms. The van der Waals surface area contributed by atoms with E-state index in [2.05, 4.69) is 15.3 Å². The second-order valence-electron chi connectivity index (χ2n) is 8.41. The molecule has 170 valence electrons. The van der Waals surface area contributed by atoms with Crippen molar-refractivity contribution in [2.75, 3.05) is 0 Å². The quantitative estimate of drug-likeness (QED) is 0.390. The molecule has 1 atom stereocenters. The summed E-state index contributed by atoms with van der Waals surface area (Å²) in [4.78, 5) is 38.3. The molecule has 0 aliphatic rings. The van der Waals surface area contributed by atoms with Crippen LogP contribution in [0.2, 0.25) is 0 Å². The molecule has 2 aromatic heterocycles. The van der Waals surface area contributed by atoms with E-state index in [1.165, 1.54) is 10.9 Å². The average Bonchev–Trinajstić information content (AvgIpc) is 3.29. The number of carbonyl (C=O) groups excluding carboxylic acids is 1. The van der Waals surface area contributed by atoms with Crippen molar-refractivity contribution in [3.05, 3.63) is 106 Å². The molecule has 0 spiro atoms. The lowest BCUT2D eigenvalue weighted by Gasteiger charge is -2.17. The van der Waals surface area contributed by atoms with E-state index < -0.39 is 0 Å². The number of H-pyrrole nitrogens is 1. The number of hydrogen-bond donors (Lipinski definition) is 2. The summed E-state index contributed by atoms with van der Waals surface area (Å²) >= 11 is 0. The van der Waals surface area contributed by atoms with Gasteiger partial charge in [-0.25, -0.2) is 9.97 Å². The second-order valence-corrected chi connectivity index (χ2v) is 8.41. The van der Waals surface area contributed by atoms with E-state index in [1.807, 2.05) is 73.7 Å². The fraction of sp³-hybridized carbons (Fsp3) is 0.185. The first-order chi connectivity index (χ1) is 16.6. The molecule has 0 saturated heterocycles. The van der Waals surface area contributed by atoms with E-state index >= 15 is 0 Å². The Bertz CT molecular complexity index is 1490. The van der Waals surface area contributed by atoms with Crippen LogP contribution in [0.3, 0.4) is 0 Å². The Morgan fingerprint density at radius 1 is 1.03 bits per heavy atom. The molecule has 34 heavy (non-hydrogen) atoms. The van der Waals surface area contributed by atoms with E-state index in [0.29, 0.717) is 23.1 Å². The molecule has 3 aromatic carbocycles. The van der Waals surface area contributed by atoms with Crippen LogP contribution in [0.5, 0.6) is 0 Å². The van der Waals surface area contributed by atoms with Gasteiger partial charge in [0.2, 0.25) is 5.91 Å². The monoisotopic (exact) mass is 451 g/mol. The number of aryl methyl sites for hydroxylation is 2. The van der Waals surface area contributed by atoms with Crippen molar-refractivity contribution < 1.29 is 4.79 Å². The predicted molar refractivity (Wildman–Crippen MR) is 132 cm³/mol. The number of para-hydroxylation sites is 3. The lowest BCUT2D eigenvalue weighted by Crippen LogP contribution is -2.32. The maximum absolute atomic E-state index is 12.9. The van der Waals surface area contributed by atoms with Crippen molar-refractivity contribution in [2.45, 2.75) is 32.4 Å². The fourth-order valence-electron chi connectivity index (χ4n) is 4.19. The molecule has 5 rings (SSSR count). The number of nitrogens with one attached hydrogen (secondary N) is 2. The van der Waals surface area contributed by atoms with Gasteiger partial charge < -0.3 is 10.3 Å². The Morgan fingerprint density at radius 3 is 2.65 bits per heavy atom. The van der Waals surface area contributed by atoms with Crippen molar-refractivity contribution in [1.82, 2.24) is 24.8 Å². The van der Waals surface area contributed by atoms with Crippen molar-refractivity contribution in [1.29, 1.82) is 0 Å². The first-order valence-corrected chi connectivity index (χ1v) is 11.3. The molecule has 1 unspecified atom stereocenters. The van der Waals surface area contributed by atoms with Gasteiger partial charge in [0.05, 0.1) is 34.3 Å². The highest BCUT2D eigenvalue weighted by Crippen LogP contribution is 2.20. The smallest absolute Gasteiger partial charge is 0.261 e. The maximum Gasteiger partial charge on any atom is 0.261 e. The predicted octanol–water partition coefficient (Wildman–Crippen LogP) is 4.07. The van der Waals surface area contributed by atoms with E-state index in [0.717, 1.165) is 22.2 Å². The van der Waals surface area contributed by atoms with Crippen LogP contribution in [0.4, 0.5) is 0 Å². The molecule has 0 fully saturated rings.